The van der Waals surface area contributed by atoms with Gasteiger partial charge in [0.25, 0.3) is 0 Å². The van der Waals surface area contributed by atoms with Crippen molar-refractivity contribution in [1.29, 1.82) is 0 Å². The Labute approximate surface area is 242 Å². The van der Waals surface area contributed by atoms with Crippen LogP contribution in [0.2, 0.25) is 0 Å². The predicted molar refractivity (Wildman–Crippen MR) is 168 cm³/mol. The first-order chi connectivity index (χ1) is 19.4. The molecule has 0 N–H and O–H groups in total. The lowest BCUT2D eigenvalue weighted by Crippen LogP contribution is -2.34. The number of esters is 1. The number of carbonyl (C=O) groups is 1. The van der Waals surface area contributed by atoms with E-state index in [-0.39, 0.29) is 6.42 Å². The molecule has 0 saturated heterocycles. The fraction of sp³-hybridized carbons (Fsp3) is 0.486. The molecule has 3 rings (SSSR count). The summed E-state index contributed by atoms with van der Waals surface area (Å²) < 4.78 is 20.3. The summed E-state index contributed by atoms with van der Waals surface area (Å²) >= 11 is 0. The fourth-order valence-electron chi connectivity index (χ4n) is 5.20. The van der Waals surface area contributed by atoms with Crippen molar-refractivity contribution in [3.8, 4) is 28.0 Å². The highest BCUT2D eigenvalue weighted by Gasteiger charge is 2.34. The molecule has 0 saturated carbocycles. The van der Waals surface area contributed by atoms with Gasteiger partial charge in [0.05, 0.1) is 0 Å². The van der Waals surface area contributed by atoms with E-state index in [9.17, 15) is 9.18 Å². The SMILES string of the molecule is CCCCCCCCCCc1ccc(-c2ccccc2-c2ccc(OC(=O)C(C)(F)CCCCCC)cc2)cc1. The molecule has 0 bridgehead atoms. The molecule has 0 radical (unpaired) electrons. The number of benzene rings is 3. The second-order valence-electron chi connectivity index (χ2n) is 11.4. The van der Waals surface area contributed by atoms with Gasteiger partial charge in [0.1, 0.15) is 5.75 Å². The summed E-state index contributed by atoms with van der Waals surface area (Å²) in [5.74, 6) is -0.446. The second-order valence-corrected chi connectivity index (χ2v) is 11.4. The normalized spacial score (nSPS) is 12.7. The predicted octanol–water partition coefficient (Wildman–Crippen LogP) is 11.3. The molecule has 3 aromatic carbocycles. The van der Waals surface area contributed by atoms with Crippen LogP contribution in [0.1, 0.15) is 110 Å². The van der Waals surface area contributed by atoms with Crippen molar-refractivity contribution in [2.24, 2.45) is 0 Å². The van der Waals surface area contributed by atoms with Gasteiger partial charge in [0.2, 0.25) is 5.67 Å². The number of carbonyl (C=O) groups excluding carboxylic acids is 1. The average Bonchev–Trinajstić information content (AvgIpc) is 2.97. The van der Waals surface area contributed by atoms with Gasteiger partial charge in [-0.3, -0.25) is 0 Å². The first kappa shape index (κ1) is 31.6. The molecular weight excluding hydrogens is 495 g/mol. The molecule has 3 heteroatoms. The summed E-state index contributed by atoms with van der Waals surface area (Å²) in [5.41, 5.74) is 3.91. The zero-order valence-corrected chi connectivity index (χ0v) is 25.0. The number of rotatable bonds is 18. The summed E-state index contributed by atoms with van der Waals surface area (Å²) in [6.07, 6.45) is 15.8. The monoisotopic (exact) mass is 544 g/mol. The summed E-state index contributed by atoms with van der Waals surface area (Å²) in [4.78, 5) is 12.5. The smallest absolute Gasteiger partial charge is 0.348 e. The molecule has 3 aromatic rings. The quantitative estimate of drug-likeness (QED) is 0.0904. The van der Waals surface area contributed by atoms with Crippen molar-refractivity contribution < 1.29 is 13.9 Å². The number of halogens is 1. The molecule has 216 valence electrons. The number of alkyl halides is 1. The van der Waals surface area contributed by atoms with Gasteiger partial charge >= 0.3 is 5.97 Å². The van der Waals surface area contributed by atoms with E-state index >= 15 is 0 Å². The summed E-state index contributed by atoms with van der Waals surface area (Å²) in [6, 6.07) is 24.7. The number of hydrogen-bond donors (Lipinski definition) is 0. The van der Waals surface area contributed by atoms with Crippen LogP contribution in [0, 0.1) is 0 Å². The van der Waals surface area contributed by atoms with E-state index in [1.54, 1.807) is 12.1 Å². The topological polar surface area (TPSA) is 26.3 Å². The van der Waals surface area contributed by atoms with Gasteiger partial charge in [-0.2, -0.15) is 0 Å². The lowest BCUT2D eigenvalue weighted by molar-refractivity contribution is -0.147. The average molecular weight is 545 g/mol. The van der Waals surface area contributed by atoms with Crippen LogP contribution in [0.4, 0.5) is 4.39 Å². The third kappa shape index (κ3) is 10.2. The summed E-state index contributed by atoms with van der Waals surface area (Å²) in [5, 5.41) is 0. The van der Waals surface area contributed by atoms with E-state index in [1.807, 2.05) is 18.2 Å². The number of ether oxygens (including phenoxy) is 1. The Bertz CT molecular complexity index is 1130. The van der Waals surface area contributed by atoms with Gasteiger partial charge in [-0.1, -0.05) is 139 Å². The second kappa shape index (κ2) is 17.0. The van der Waals surface area contributed by atoms with Crippen LogP contribution in [-0.4, -0.2) is 11.6 Å². The molecule has 0 aliphatic heterocycles. The molecule has 0 fully saturated rings. The highest BCUT2D eigenvalue weighted by Crippen LogP contribution is 2.33. The summed E-state index contributed by atoms with van der Waals surface area (Å²) in [7, 11) is 0. The Morgan fingerprint density at radius 3 is 1.68 bits per heavy atom. The molecule has 2 nitrogen and oxygen atoms in total. The summed E-state index contributed by atoms with van der Waals surface area (Å²) in [6.45, 7) is 5.70. The van der Waals surface area contributed by atoms with Crippen LogP contribution in [0.25, 0.3) is 22.3 Å². The third-order valence-electron chi connectivity index (χ3n) is 7.81. The Kier molecular flexibility index (Phi) is 13.4. The van der Waals surface area contributed by atoms with E-state index in [0.717, 1.165) is 42.4 Å². The largest absolute Gasteiger partial charge is 0.424 e. The van der Waals surface area contributed by atoms with Crippen LogP contribution in [0.15, 0.2) is 72.8 Å². The van der Waals surface area contributed by atoms with E-state index < -0.39 is 11.6 Å². The van der Waals surface area contributed by atoms with E-state index in [0.29, 0.717) is 12.2 Å². The molecule has 40 heavy (non-hydrogen) atoms. The maximum Gasteiger partial charge on any atom is 0.348 e. The fourth-order valence-corrected chi connectivity index (χ4v) is 5.20. The van der Waals surface area contributed by atoms with Crippen LogP contribution in [-0.2, 0) is 11.2 Å². The minimum Gasteiger partial charge on any atom is -0.424 e. The van der Waals surface area contributed by atoms with E-state index in [4.69, 9.17) is 4.74 Å². The molecular formula is C37H49FO2. The van der Waals surface area contributed by atoms with Crippen molar-refractivity contribution in [3.05, 3.63) is 78.4 Å². The third-order valence-corrected chi connectivity index (χ3v) is 7.81. The molecule has 1 atom stereocenters. The maximum atomic E-state index is 14.9. The Hall–Kier alpha value is -2.94. The molecule has 0 heterocycles. The van der Waals surface area contributed by atoms with Gasteiger partial charge in [-0.05, 0) is 72.6 Å². The van der Waals surface area contributed by atoms with E-state index in [1.165, 1.54) is 69.4 Å². The molecule has 0 aliphatic carbocycles. The Morgan fingerprint density at radius 2 is 1.12 bits per heavy atom. The molecule has 0 spiro atoms. The first-order valence-corrected chi connectivity index (χ1v) is 15.6. The van der Waals surface area contributed by atoms with Gasteiger partial charge in [0, 0.05) is 0 Å². The van der Waals surface area contributed by atoms with Crippen molar-refractivity contribution >= 4 is 5.97 Å². The van der Waals surface area contributed by atoms with Crippen molar-refractivity contribution in [1.82, 2.24) is 0 Å². The van der Waals surface area contributed by atoms with Crippen LogP contribution in [0.5, 0.6) is 5.75 Å². The highest BCUT2D eigenvalue weighted by atomic mass is 19.1. The van der Waals surface area contributed by atoms with E-state index in [2.05, 4.69) is 56.3 Å². The van der Waals surface area contributed by atoms with Crippen LogP contribution in [0.3, 0.4) is 0 Å². The Morgan fingerprint density at radius 1 is 0.650 bits per heavy atom. The maximum absolute atomic E-state index is 14.9. The molecule has 0 amide bonds. The minimum absolute atomic E-state index is 0.190. The van der Waals surface area contributed by atoms with Gasteiger partial charge in [-0.15, -0.1) is 0 Å². The molecule has 1 unspecified atom stereocenters. The first-order valence-electron chi connectivity index (χ1n) is 15.6. The number of aryl methyl sites for hydroxylation is 1. The van der Waals surface area contributed by atoms with Gasteiger partial charge in [0.15, 0.2) is 0 Å². The van der Waals surface area contributed by atoms with Crippen molar-refractivity contribution in [2.75, 3.05) is 0 Å². The lowest BCUT2D eigenvalue weighted by atomic mass is 9.93. The van der Waals surface area contributed by atoms with Gasteiger partial charge < -0.3 is 4.74 Å². The standard InChI is InChI=1S/C37H49FO2/c1-4-6-8-10-11-12-13-14-18-30-21-23-31(24-22-30)34-19-15-16-20-35(34)32-25-27-33(28-26-32)40-36(39)37(3,38)29-17-9-7-5-2/h15-16,19-28H,4-14,17-18,29H2,1-3H3. The van der Waals surface area contributed by atoms with Crippen LogP contribution >= 0.6 is 0 Å². The van der Waals surface area contributed by atoms with Crippen molar-refractivity contribution in [2.45, 2.75) is 116 Å². The molecule has 0 aliphatic rings. The molecule has 0 aromatic heterocycles. The van der Waals surface area contributed by atoms with Crippen LogP contribution < -0.4 is 4.74 Å². The number of hydrogen-bond acceptors (Lipinski definition) is 2. The zero-order chi connectivity index (χ0) is 28.6. The lowest BCUT2D eigenvalue weighted by Gasteiger charge is -2.18. The zero-order valence-electron chi connectivity index (χ0n) is 25.0. The van der Waals surface area contributed by atoms with Gasteiger partial charge in [-0.25, -0.2) is 9.18 Å². The minimum atomic E-state index is -1.97. The number of unbranched alkanes of at least 4 members (excludes halogenated alkanes) is 10. The highest BCUT2D eigenvalue weighted by molar-refractivity contribution is 5.84. The van der Waals surface area contributed by atoms with Crippen molar-refractivity contribution in [3.63, 3.8) is 0 Å². The Balaban J connectivity index is 1.57.